The number of aromatic nitrogens is 2. The molecule has 0 aliphatic heterocycles. The number of anilines is 1. The van der Waals surface area contributed by atoms with Crippen LogP contribution in [-0.4, -0.2) is 47.9 Å². The van der Waals surface area contributed by atoms with Crippen LogP contribution in [0.25, 0.3) is 16.9 Å². The molecule has 8 nitrogen and oxygen atoms in total. The minimum Gasteiger partial charge on any atom is -0.497 e. The van der Waals surface area contributed by atoms with Crippen LogP contribution in [0.2, 0.25) is 0 Å². The van der Waals surface area contributed by atoms with Crippen LogP contribution in [0, 0.1) is 6.92 Å². The van der Waals surface area contributed by atoms with Crippen LogP contribution in [0.4, 0.5) is 5.95 Å². The molecule has 4 aromatic rings. The zero-order chi connectivity index (χ0) is 26.0. The first-order valence-electron chi connectivity index (χ1n) is 12.0. The van der Waals surface area contributed by atoms with Gasteiger partial charge in [0.05, 0.1) is 24.2 Å². The summed E-state index contributed by atoms with van der Waals surface area (Å²) in [5, 5.41) is 2.86. The number of carbonyl (C=O) groups excluding carboxylic acids is 1. The monoisotopic (exact) mass is 516 g/mol. The van der Waals surface area contributed by atoms with Gasteiger partial charge in [-0.05, 0) is 56.2 Å². The van der Waals surface area contributed by atoms with Gasteiger partial charge in [0.25, 0.3) is 0 Å². The average molecular weight is 517 g/mol. The highest BCUT2D eigenvalue weighted by Gasteiger charge is 2.39. The Morgan fingerprint density at radius 3 is 2.32 bits per heavy atom. The summed E-state index contributed by atoms with van der Waals surface area (Å²) in [6, 6.07) is 23.5. The van der Waals surface area contributed by atoms with Crippen LogP contribution in [0.5, 0.6) is 5.75 Å². The second-order valence-corrected chi connectivity index (χ2v) is 10.9. The van der Waals surface area contributed by atoms with Gasteiger partial charge in [0.1, 0.15) is 5.75 Å². The number of sulfonamides is 1. The summed E-state index contributed by atoms with van der Waals surface area (Å²) in [5.41, 5.74) is 3.55. The minimum atomic E-state index is -3.87. The quantitative estimate of drug-likeness (QED) is 0.350. The first kappa shape index (κ1) is 24.7. The van der Waals surface area contributed by atoms with Crippen LogP contribution < -0.4 is 10.1 Å². The third-order valence-corrected chi connectivity index (χ3v) is 8.17. The highest BCUT2D eigenvalue weighted by atomic mass is 32.2. The van der Waals surface area contributed by atoms with Gasteiger partial charge in [-0.3, -0.25) is 14.7 Å². The molecule has 190 valence electrons. The molecule has 5 rings (SSSR count). The van der Waals surface area contributed by atoms with E-state index in [0.29, 0.717) is 17.4 Å². The fourth-order valence-electron chi connectivity index (χ4n) is 4.08. The second kappa shape index (κ2) is 10.2. The van der Waals surface area contributed by atoms with Crippen molar-refractivity contribution in [2.75, 3.05) is 19.0 Å². The number of amides is 1. The maximum atomic E-state index is 13.4. The van der Waals surface area contributed by atoms with Crippen molar-refractivity contribution < 1.29 is 17.9 Å². The number of hydrogen-bond donors (Lipinski definition) is 1. The van der Waals surface area contributed by atoms with Crippen LogP contribution in [0.3, 0.4) is 0 Å². The smallest absolute Gasteiger partial charge is 0.243 e. The lowest BCUT2D eigenvalue weighted by atomic mass is 10.2. The predicted octanol–water partition coefficient (Wildman–Crippen LogP) is 4.65. The van der Waals surface area contributed by atoms with Crippen molar-refractivity contribution in [3.8, 4) is 22.7 Å². The number of hydrogen-bond acceptors (Lipinski definition) is 5. The first-order chi connectivity index (χ1) is 17.8. The van der Waals surface area contributed by atoms with E-state index in [0.717, 1.165) is 29.7 Å². The SMILES string of the molecule is COc1ccc(S(=O)(=O)N(CC(=O)Nc2nc(-c3ccccc3)cn2-c2ccc(C)cc2)C2CC2)cc1. The number of nitrogens with zero attached hydrogens (tertiary/aromatic N) is 3. The van der Waals surface area contributed by atoms with Gasteiger partial charge >= 0.3 is 0 Å². The van der Waals surface area contributed by atoms with Crippen molar-refractivity contribution in [2.24, 2.45) is 0 Å². The molecule has 1 N–H and O–H groups in total. The van der Waals surface area contributed by atoms with Gasteiger partial charge < -0.3 is 4.74 Å². The number of nitrogens with one attached hydrogen (secondary N) is 1. The van der Waals surface area contributed by atoms with E-state index in [9.17, 15) is 13.2 Å². The number of methoxy groups -OCH3 is 1. The molecule has 0 bridgehead atoms. The molecule has 0 saturated heterocycles. The number of ether oxygens (including phenoxy) is 1. The van der Waals surface area contributed by atoms with Crippen LogP contribution in [-0.2, 0) is 14.8 Å². The zero-order valence-corrected chi connectivity index (χ0v) is 21.5. The number of imidazole rings is 1. The lowest BCUT2D eigenvalue weighted by molar-refractivity contribution is -0.116. The van der Waals surface area contributed by atoms with E-state index in [1.807, 2.05) is 67.7 Å². The second-order valence-electron chi connectivity index (χ2n) is 9.03. The van der Waals surface area contributed by atoms with E-state index < -0.39 is 15.9 Å². The number of rotatable bonds is 9. The Labute approximate surface area is 216 Å². The largest absolute Gasteiger partial charge is 0.497 e. The molecule has 1 amide bonds. The van der Waals surface area contributed by atoms with E-state index in [1.54, 1.807) is 16.7 Å². The van der Waals surface area contributed by atoms with Crippen LogP contribution in [0.1, 0.15) is 18.4 Å². The summed E-state index contributed by atoms with van der Waals surface area (Å²) >= 11 is 0. The third-order valence-electron chi connectivity index (χ3n) is 6.26. The molecule has 1 fully saturated rings. The number of carbonyl (C=O) groups is 1. The van der Waals surface area contributed by atoms with E-state index in [-0.39, 0.29) is 17.5 Å². The normalized spacial score (nSPS) is 13.5. The van der Waals surface area contributed by atoms with E-state index in [2.05, 4.69) is 10.3 Å². The summed E-state index contributed by atoms with van der Waals surface area (Å²) < 4.78 is 35.0. The van der Waals surface area contributed by atoms with Crippen molar-refractivity contribution in [3.05, 3.63) is 90.6 Å². The molecule has 0 radical (unpaired) electrons. The molecule has 37 heavy (non-hydrogen) atoms. The van der Waals surface area contributed by atoms with Crippen LogP contribution in [0.15, 0.2) is 90.0 Å². The number of aryl methyl sites for hydroxylation is 1. The highest BCUT2D eigenvalue weighted by molar-refractivity contribution is 7.89. The molecule has 0 atom stereocenters. The van der Waals surface area contributed by atoms with E-state index in [4.69, 9.17) is 4.74 Å². The molecular formula is C28H28N4O4S. The lowest BCUT2D eigenvalue weighted by Gasteiger charge is -2.21. The Morgan fingerprint density at radius 2 is 1.70 bits per heavy atom. The van der Waals surface area contributed by atoms with E-state index in [1.165, 1.54) is 23.5 Å². The van der Waals surface area contributed by atoms with Gasteiger partial charge in [-0.1, -0.05) is 48.0 Å². The molecular weight excluding hydrogens is 488 g/mol. The Hall–Kier alpha value is -3.95. The minimum absolute atomic E-state index is 0.125. The van der Waals surface area contributed by atoms with E-state index >= 15 is 0 Å². The van der Waals surface area contributed by atoms with Crippen molar-refractivity contribution in [1.29, 1.82) is 0 Å². The standard InChI is InChI=1S/C28H28N4O4S/c1-20-8-10-22(11-9-20)31-18-26(21-6-4-3-5-7-21)29-28(31)30-27(33)19-32(23-12-13-23)37(34,35)25-16-14-24(36-2)15-17-25/h3-11,14-18,23H,12-13,19H2,1-2H3,(H,29,30,33). The molecule has 1 aromatic heterocycles. The third kappa shape index (κ3) is 5.42. The fraction of sp³-hybridized carbons (Fsp3) is 0.214. The molecule has 3 aromatic carbocycles. The van der Waals surface area contributed by atoms with Crippen molar-refractivity contribution >= 4 is 21.9 Å². The Bertz CT molecular complexity index is 1490. The summed E-state index contributed by atoms with van der Waals surface area (Å²) in [7, 11) is -2.34. The van der Waals surface area contributed by atoms with Crippen LogP contribution >= 0.6 is 0 Å². The maximum absolute atomic E-state index is 13.4. The van der Waals surface area contributed by atoms with Gasteiger partial charge in [0, 0.05) is 23.5 Å². The summed E-state index contributed by atoms with van der Waals surface area (Å²) in [4.78, 5) is 18.0. The van der Waals surface area contributed by atoms with Gasteiger partial charge in [0.15, 0.2) is 0 Å². The van der Waals surface area contributed by atoms with Gasteiger partial charge in [0.2, 0.25) is 21.9 Å². The van der Waals surface area contributed by atoms with Gasteiger partial charge in [-0.25, -0.2) is 13.4 Å². The zero-order valence-electron chi connectivity index (χ0n) is 20.7. The molecule has 1 aliphatic rings. The van der Waals surface area contributed by atoms with Crippen molar-refractivity contribution in [2.45, 2.75) is 30.7 Å². The Balaban J connectivity index is 1.42. The molecule has 1 aliphatic carbocycles. The fourth-order valence-corrected chi connectivity index (χ4v) is 5.72. The molecule has 0 spiro atoms. The topological polar surface area (TPSA) is 93.5 Å². The summed E-state index contributed by atoms with van der Waals surface area (Å²) in [6.45, 7) is 1.70. The molecule has 1 heterocycles. The first-order valence-corrected chi connectivity index (χ1v) is 13.5. The molecule has 0 unspecified atom stereocenters. The van der Waals surface area contributed by atoms with Crippen molar-refractivity contribution in [3.63, 3.8) is 0 Å². The van der Waals surface area contributed by atoms with Crippen molar-refractivity contribution in [1.82, 2.24) is 13.9 Å². The summed E-state index contributed by atoms with van der Waals surface area (Å²) in [6.07, 6.45) is 3.31. The molecule has 9 heteroatoms. The summed E-state index contributed by atoms with van der Waals surface area (Å²) in [5.74, 6) is 0.430. The average Bonchev–Trinajstić information content (AvgIpc) is 3.67. The Kier molecular flexibility index (Phi) is 6.82. The molecule has 1 saturated carbocycles. The Morgan fingerprint density at radius 1 is 1.03 bits per heavy atom. The maximum Gasteiger partial charge on any atom is 0.243 e. The predicted molar refractivity (Wildman–Crippen MR) is 142 cm³/mol. The van der Waals surface area contributed by atoms with Gasteiger partial charge in [-0.2, -0.15) is 4.31 Å². The highest BCUT2D eigenvalue weighted by Crippen LogP contribution is 2.32. The number of benzene rings is 3. The lowest BCUT2D eigenvalue weighted by Crippen LogP contribution is -2.39. The van der Waals surface area contributed by atoms with Gasteiger partial charge in [-0.15, -0.1) is 0 Å².